The van der Waals surface area contributed by atoms with Crippen LogP contribution in [0.15, 0.2) is 0 Å². The minimum Gasteiger partial charge on any atom is -0.326 e. The van der Waals surface area contributed by atoms with Crippen molar-refractivity contribution < 1.29 is 0 Å². The van der Waals surface area contributed by atoms with Gasteiger partial charge in [0, 0.05) is 19.1 Å². The molecule has 1 saturated heterocycles. The van der Waals surface area contributed by atoms with Crippen molar-refractivity contribution in [1.29, 1.82) is 0 Å². The van der Waals surface area contributed by atoms with Crippen LogP contribution in [-0.2, 0) is 0 Å². The van der Waals surface area contributed by atoms with Gasteiger partial charge in [0.05, 0.1) is 0 Å². The maximum absolute atomic E-state index is 5.78. The summed E-state index contributed by atoms with van der Waals surface area (Å²) in [6.07, 6.45) is 4.14. The van der Waals surface area contributed by atoms with Gasteiger partial charge in [0.1, 0.15) is 0 Å². The number of likely N-dealkylation sites (tertiary alicyclic amines) is 1. The first-order valence-corrected chi connectivity index (χ1v) is 4.32. The Labute approximate surface area is 86.7 Å². The quantitative estimate of drug-likeness (QED) is 0.748. The maximum Gasteiger partial charge on any atom is 0.0180 e. The molecule has 1 unspecified atom stereocenters. The molecule has 1 aliphatic heterocycles. The average Bonchev–Trinajstić information content (AvgIpc) is 2.59. The summed E-state index contributed by atoms with van der Waals surface area (Å²) in [6, 6.07) is 0.471. The second-order valence-electron chi connectivity index (χ2n) is 3.75. The van der Waals surface area contributed by atoms with E-state index >= 15 is 0 Å². The lowest BCUT2D eigenvalue weighted by Gasteiger charge is -2.13. The summed E-state index contributed by atoms with van der Waals surface area (Å²) in [5.74, 6) is 1.03. The lowest BCUT2D eigenvalue weighted by molar-refractivity contribution is 0.320. The molecule has 0 aromatic rings. The summed E-state index contributed by atoms with van der Waals surface area (Å²) in [7, 11) is 0. The fourth-order valence-electron chi connectivity index (χ4n) is 1.69. The third-order valence-corrected chi connectivity index (χ3v) is 2.52. The molecule has 0 bridgehead atoms. The Kier molecular flexibility index (Phi) is 5.50. The van der Waals surface area contributed by atoms with E-state index in [4.69, 9.17) is 5.73 Å². The predicted molar refractivity (Wildman–Crippen MR) is 56.3 cm³/mol. The van der Waals surface area contributed by atoms with E-state index in [0.717, 1.165) is 12.5 Å². The molecule has 2 rings (SSSR count). The molecule has 1 saturated carbocycles. The fourth-order valence-corrected chi connectivity index (χ4v) is 1.69. The van der Waals surface area contributed by atoms with Gasteiger partial charge in [-0.25, -0.2) is 0 Å². The Morgan fingerprint density at radius 2 is 1.83 bits per heavy atom. The fraction of sp³-hybridized carbons (Fsp3) is 1.00. The van der Waals surface area contributed by atoms with E-state index in [-0.39, 0.29) is 24.8 Å². The normalized spacial score (nSPS) is 29.2. The minimum atomic E-state index is 0. The third kappa shape index (κ3) is 3.48. The highest BCUT2D eigenvalue weighted by Crippen LogP contribution is 2.30. The van der Waals surface area contributed by atoms with Crippen molar-refractivity contribution in [2.45, 2.75) is 25.3 Å². The summed E-state index contributed by atoms with van der Waals surface area (Å²) in [5.41, 5.74) is 5.78. The van der Waals surface area contributed by atoms with E-state index in [9.17, 15) is 0 Å². The van der Waals surface area contributed by atoms with Crippen LogP contribution in [-0.4, -0.2) is 30.6 Å². The van der Waals surface area contributed by atoms with E-state index in [0.29, 0.717) is 6.04 Å². The molecule has 1 atom stereocenters. The Balaban J connectivity index is 0.000000605. The molecule has 2 nitrogen and oxygen atoms in total. The van der Waals surface area contributed by atoms with Crippen molar-refractivity contribution in [2.24, 2.45) is 11.7 Å². The van der Waals surface area contributed by atoms with Gasteiger partial charge in [0.15, 0.2) is 0 Å². The lowest BCUT2D eigenvalue weighted by atomic mass is 10.3. The number of nitrogens with two attached hydrogens (primary N) is 1. The monoisotopic (exact) mass is 212 g/mol. The molecule has 0 spiro atoms. The molecular weight excluding hydrogens is 195 g/mol. The van der Waals surface area contributed by atoms with Crippen LogP contribution in [0.3, 0.4) is 0 Å². The Bertz CT molecular complexity index is 128. The first-order valence-electron chi connectivity index (χ1n) is 4.32. The molecule has 2 fully saturated rings. The summed E-state index contributed by atoms with van der Waals surface area (Å²) >= 11 is 0. The van der Waals surface area contributed by atoms with Gasteiger partial charge in [-0.05, 0) is 31.7 Å². The number of rotatable bonds is 2. The van der Waals surface area contributed by atoms with Crippen molar-refractivity contribution >= 4 is 24.8 Å². The topological polar surface area (TPSA) is 29.3 Å². The minimum absolute atomic E-state index is 0. The van der Waals surface area contributed by atoms with Crippen LogP contribution >= 0.6 is 24.8 Å². The van der Waals surface area contributed by atoms with Crippen LogP contribution in [0, 0.1) is 5.92 Å². The highest BCUT2D eigenvalue weighted by Gasteiger charge is 2.27. The van der Waals surface area contributed by atoms with Gasteiger partial charge in [-0.15, -0.1) is 24.8 Å². The molecule has 0 aromatic carbocycles. The average molecular weight is 213 g/mol. The smallest absolute Gasteiger partial charge is 0.0180 e. The molecule has 2 aliphatic rings. The molecule has 0 radical (unpaired) electrons. The zero-order valence-corrected chi connectivity index (χ0v) is 8.87. The lowest BCUT2D eigenvalue weighted by Crippen LogP contribution is -2.27. The first-order chi connectivity index (χ1) is 4.84. The summed E-state index contributed by atoms with van der Waals surface area (Å²) in [6.45, 7) is 3.72. The van der Waals surface area contributed by atoms with E-state index < -0.39 is 0 Å². The number of hydrogen-bond donors (Lipinski definition) is 1. The summed E-state index contributed by atoms with van der Waals surface area (Å²) < 4.78 is 0. The van der Waals surface area contributed by atoms with Crippen molar-refractivity contribution in [3.8, 4) is 0 Å². The van der Waals surface area contributed by atoms with Gasteiger partial charge < -0.3 is 10.6 Å². The molecule has 4 heteroatoms. The molecule has 74 valence electrons. The Hall–Kier alpha value is 0.500. The molecule has 2 N–H and O–H groups in total. The second kappa shape index (κ2) is 5.28. The Morgan fingerprint density at radius 1 is 1.17 bits per heavy atom. The van der Waals surface area contributed by atoms with E-state index in [1.54, 1.807) is 0 Å². The first kappa shape index (κ1) is 12.5. The van der Waals surface area contributed by atoms with Crippen molar-refractivity contribution in [3.05, 3.63) is 0 Å². The zero-order valence-electron chi connectivity index (χ0n) is 7.24. The second-order valence-corrected chi connectivity index (χ2v) is 3.75. The van der Waals surface area contributed by atoms with Crippen LogP contribution in [0.4, 0.5) is 0 Å². The molecule has 12 heavy (non-hydrogen) atoms. The van der Waals surface area contributed by atoms with Crippen molar-refractivity contribution in [3.63, 3.8) is 0 Å². The number of nitrogens with zero attached hydrogens (tertiary/aromatic N) is 1. The van der Waals surface area contributed by atoms with Gasteiger partial charge >= 0.3 is 0 Å². The van der Waals surface area contributed by atoms with Gasteiger partial charge in [0.2, 0.25) is 0 Å². The molecule has 0 amide bonds. The van der Waals surface area contributed by atoms with Gasteiger partial charge in [-0.3, -0.25) is 0 Å². The highest BCUT2D eigenvalue weighted by atomic mass is 35.5. The molecule has 1 heterocycles. The van der Waals surface area contributed by atoms with Crippen LogP contribution in [0.2, 0.25) is 0 Å². The summed E-state index contributed by atoms with van der Waals surface area (Å²) in [5, 5.41) is 0. The van der Waals surface area contributed by atoms with Gasteiger partial charge in [-0.1, -0.05) is 0 Å². The molecule has 1 aliphatic carbocycles. The highest BCUT2D eigenvalue weighted by molar-refractivity contribution is 5.85. The van der Waals surface area contributed by atoms with Crippen LogP contribution in [0.1, 0.15) is 19.3 Å². The zero-order chi connectivity index (χ0) is 6.97. The maximum atomic E-state index is 5.78. The number of halogens is 2. The van der Waals surface area contributed by atoms with Crippen molar-refractivity contribution in [1.82, 2.24) is 4.90 Å². The van der Waals surface area contributed by atoms with Crippen molar-refractivity contribution in [2.75, 3.05) is 19.6 Å². The number of hydrogen-bond acceptors (Lipinski definition) is 2. The van der Waals surface area contributed by atoms with Crippen LogP contribution < -0.4 is 5.73 Å². The van der Waals surface area contributed by atoms with E-state index in [2.05, 4.69) is 4.90 Å². The molecule has 0 aromatic heterocycles. The largest absolute Gasteiger partial charge is 0.326 e. The van der Waals surface area contributed by atoms with E-state index in [1.165, 1.54) is 32.4 Å². The van der Waals surface area contributed by atoms with Crippen LogP contribution in [0.25, 0.3) is 0 Å². The Morgan fingerprint density at radius 3 is 2.25 bits per heavy atom. The SMILES string of the molecule is Cl.Cl.NC1CCN(CC2CC2)C1. The standard InChI is InChI=1S/C8H16N2.2ClH/c9-8-3-4-10(6-8)5-7-1-2-7;;/h7-8H,1-6,9H2;2*1H. The summed E-state index contributed by atoms with van der Waals surface area (Å²) in [4.78, 5) is 2.52. The van der Waals surface area contributed by atoms with Crippen LogP contribution in [0.5, 0.6) is 0 Å². The van der Waals surface area contributed by atoms with E-state index in [1.807, 2.05) is 0 Å². The third-order valence-electron chi connectivity index (χ3n) is 2.52. The van der Waals surface area contributed by atoms with Gasteiger partial charge in [-0.2, -0.15) is 0 Å². The van der Waals surface area contributed by atoms with Gasteiger partial charge in [0.25, 0.3) is 0 Å². The molecular formula is C8H18Cl2N2. The predicted octanol–water partition coefficient (Wildman–Crippen LogP) is 1.27.